The molecular weight excluding hydrogens is 284 g/mol. The second kappa shape index (κ2) is 7.33. The van der Waals surface area contributed by atoms with Crippen LogP contribution < -0.4 is 5.32 Å². The first-order valence-corrected chi connectivity index (χ1v) is 7.85. The van der Waals surface area contributed by atoms with Crippen LogP contribution in [0.3, 0.4) is 0 Å². The van der Waals surface area contributed by atoms with Crippen LogP contribution >= 0.6 is 11.3 Å². The minimum absolute atomic E-state index is 0.183. The lowest BCUT2D eigenvalue weighted by Crippen LogP contribution is -2.32. The molecule has 0 bridgehead atoms. The van der Waals surface area contributed by atoms with E-state index < -0.39 is 6.10 Å². The molecule has 5 heteroatoms. The Kier molecular flexibility index (Phi) is 5.47. The van der Waals surface area contributed by atoms with Crippen molar-refractivity contribution in [2.75, 3.05) is 6.54 Å². The molecule has 0 aliphatic rings. The largest absolute Gasteiger partial charge is 0.391 e. The smallest absolute Gasteiger partial charge is 0.263 e. The van der Waals surface area contributed by atoms with Gasteiger partial charge >= 0.3 is 0 Å². The van der Waals surface area contributed by atoms with Gasteiger partial charge in [0.05, 0.1) is 12.3 Å². The van der Waals surface area contributed by atoms with Gasteiger partial charge in [-0.15, -0.1) is 11.3 Å². The minimum atomic E-state index is -0.504. The molecule has 1 amide bonds. The van der Waals surface area contributed by atoms with Crippen molar-refractivity contribution in [3.63, 3.8) is 0 Å². The molecule has 2 aromatic rings. The highest BCUT2D eigenvalue weighted by Crippen LogP contribution is 2.24. The molecule has 1 heterocycles. The van der Waals surface area contributed by atoms with Crippen molar-refractivity contribution in [1.29, 1.82) is 0 Å². The number of nitrogens with zero attached hydrogens (tertiary/aromatic N) is 1. The highest BCUT2D eigenvalue weighted by Gasteiger charge is 2.13. The van der Waals surface area contributed by atoms with Crippen molar-refractivity contribution in [2.45, 2.75) is 26.4 Å². The van der Waals surface area contributed by atoms with E-state index in [2.05, 4.69) is 10.3 Å². The summed E-state index contributed by atoms with van der Waals surface area (Å²) >= 11 is 1.35. The van der Waals surface area contributed by atoms with E-state index in [-0.39, 0.29) is 12.5 Å². The molecule has 0 radical (unpaired) electrons. The Bertz CT molecular complexity index is 581. The van der Waals surface area contributed by atoms with Gasteiger partial charge in [-0.05, 0) is 12.3 Å². The lowest BCUT2D eigenvalue weighted by molar-refractivity contribution is 0.0904. The molecule has 2 rings (SSSR count). The number of aliphatic hydroxyl groups excluding tert-OH is 1. The van der Waals surface area contributed by atoms with Crippen LogP contribution in [0.5, 0.6) is 0 Å². The van der Waals surface area contributed by atoms with Gasteiger partial charge in [0.15, 0.2) is 0 Å². The van der Waals surface area contributed by atoms with E-state index in [0.29, 0.717) is 17.2 Å². The number of aliphatic hydroxyl groups is 1. The predicted molar refractivity (Wildman–Crippen MR) is 85.3 cm³/mol. The number of thiazole rings is 1. The SMILES string of the molecule is CC(C)CC(O)CNC(=O)c1cnc(-c2ccccc2)s1. The number of aromatic nitrogens is 1. The Morgan fingerprint density at radius 3 is 2.71 bits per heavy atom. The van der Waals surface area contributed by atoms with Crippen LogP contribution in [0.4, 0.5) is 0 Å². The summed E-state index contributed by atoms with van der Waals surface area (Å²) in [6.07, 6.45) is 1.76. The van der Waals surface area contributed by atoms with Gasteiger partial charge < -0.3 is 10.4 Å². The van der Waals surface area contributed by atoms with E-state index >= 15 is 0 Å². The normalized spacial score (nSPS) is 12.4. The summed E-state index contributed by atoms with van der Waals surface area (Å²) in [6.45, 7) is 4.36. The zero-order valence-electron chi connectivity index (χ0n) is 12.2. The molecule has 1 aromatic heterocycles. The van der Waals surface area contributed by atoms with Crippen LogP contribution in [0.15, 0.2) is 36.5 Å². The Labute approximate surface area is 128 Å². The second-order valence-electron chi connectivity index (χ2n) is 5.39. The topological polar surface area (TPSA) is 62.2 Å². The van der Waals surface area contributed by atoms with Crippen LogP contribution in [0.25, 0.3) is 10.6 Å². The lowest BCUT2D eigenvalue weighted by atomic mass is 10.1. The fourth-order valence-electron chi connectivity index (χ4n) is 2.02. The summed E-state index contributed by atoms with van der Waals surface area (Å²) < 4.78 is 0. The van der Waals surface area contributed by atoms with Gasteiger partial charge in [-0.2, -0.15) is 0 Å². The second-order valence-corrected chi connectivity index (χ2v) is 6.42. The third kappa shape index (κ3) is 4.65. The first-order chi connectivity index (χ1) is 10.1. The number of hydrogen-bond acceptors (Lipinski definition) is 4. The lowest BCUT2D eigenvalue weighted by Gasteiger charge is -2.13. The first-order valence-electron chi connectivity index (χ1n) is 7.03. The molecule has 0 aliphatic carbocycles. The summed E-state index contributed by atoms with van der Waals surface area (Å²) in [5.74, 6) is 0.225. The van der Waals surface area contributed by atoms with Crippen LogP contribution in [-0.2, 0) is 0 Å². The Morgan fingerprint density at radius 2 is 2.05 bits per heavy atom. The summed E-state index contributed by atoms with van der Waals surface area (Å²) in [5.41, 5.74) is 1.00. The fourth-order valence-corrected chi connectivity index (χ4v) is 2.86. The molecule has 0 saturated heterocycles. The molecule has 112 valence electrons. The maximum Gasteiger partial charge on any atom is 0.263 e. The van der Waals surface area contributed by atoms with Crippen molar-refractivity contribution in [3.8, 4) is 10.6 Å². The van der Waals surface area contributed by atoms with Gasteiger partial charge in [0.1, 0.15) is 9.88 Å². The molecular formula is C16H20N2O2S. The molecule has 0 saturated carbocycles. The molecule has 0 fully saturated rings. The molecule has 0 spiro atoms. The van der Waals surface area contributed by atoms with Crippen molar-refractivity contribution in [1.82, 2.24) is 10.3 Å². The average Bonchev–Trinajstić information content (AvgIpc) is 2.95. The molecule has 4 nitrogen and oxygen atoms in total. The van der Waals surface area contributed by atoms with Crippen molar-refractivity contribution >= 4 is 17.2 Å². The van der Waals surface area contributed by atoms with Gasteiger partial charge in [0.2, 0.25) is 0 Å². The van der Waals surface area contributed by atoms with E-state index in [1.54, 1.807) is 6.20 Å². The fraction of sp³-hybridized carbons (Fsp3) is 0.375. The summed E-state index contributed by atoms with van der Waals surface area (Å²) in [6, 6.07) is 9.76. The molecule has 1 unspecified atom stereocenters. The third-order valence-corrected chi connectivity index (χ3v) is 4.04. The highest BCUT2D eigenvalue weighted by molar-refractivity contribution is 7.16. The quantitative estimate of drug-likeness (QED) is 0.862. The van der Waals surface area contributed by atoms with Crippen LogP contribution in [0.1, 0.15) is 29.9 Å². The standard InChI is InChI=1S/C16H20N2O2S/c1-11(2)8-13(19)9-17-15(20)14-10-18-16(21-14)12-6-4-3-5-7-12/h3-7,10-11,13,19H,8-9H2,1-2H3,(H,17,20). The number of rotatable bonds is 6. The van der Waals surface area contributed by atoms with Gasteiger partial charge in [-0.25, -0.2) is 4.98 Å². The minimum Gasteiger partial charge on any atom is -0.391 e. The van der Waals surface area contributed by atoms with Crippen LogP contribution in [-0.4, -0.2) is 28.6 Å². The van der Waals surface area contributed by atoms with Crippen LogP contribution in [0.2, 0.25) is 0 Å². The van der Waals surface area contributed by atoms with E-state index in [9.17, 15) is 9.90 Å². The molecule has 2 N–H and O–H groups in total. The summed E-state index contributed by atoms with van der Waals surface area (Å²) in [4.78, 5) is 16.9. The molecule has 0 aliphatic heterocycles. The number of nitrogens with one attached hydrogen (secondary N) is 1. The number of carbonyl (C=O) groups excluding carboxylic acids is 1. The summed E-state index contributed by atoms with van der Waals surface area (Å²) in [7, 11) is 0. The van der Waals surface area contributed by atoms with E-state index in [0.717, 1.165) is 10.6 Å². The van der Waals surface area contributed by atoms with E-state index in [1.165, 1.54) is 11.3 Å². The van der Waals surface area contributed by atoms with Gasteiger partial charge in [-0.1, -0.05) is 44.2 Å². The first kappa shape index (κ1) is 15.7. The Balaban J connectivity index is 1.93. The number of benzene rings is 1. The predicted octanol–water partition coefficient (Wildman–Crippen LogP) is 2.95. The van der Waals surface area contributed by atoms with E-state index in [1.807, 2.05) is 44.2 Å². The van der Waals surface area contributed by atoms with Gasteiger partial charge in [-0.3, -0.25) is 4.79 Å². The highest BCUT2D eigenvalue weighted by atomic mass is 32.1. The number of carbonyl (C=O) groups is 1. The van der Waals surface area contributed by atoms with Crippen LogP contribution in [0, 0.1) is 5.92 Å². The zero-order valence-corrected chi connectivity index (χ0v) is 13.1. The maximum absolute atomic E-state index is 12.0. The Morgan fingerprint density at radius 1 is 1.33 bits per heavy atom. The Hall–Kier alpha value is -1.72. The molecule has 1 atom stereocenters. The number of hydrogen-bond donors (Lipinski definition) is 2. The van der Waals surface area contributed by atoms with Crippen molar-refractivity contribution in [3.05, 3.63) is 41.4 Å². The molecule has 21 heavy (non-hydrogen) atoms. The monoisotopic (exact) mass is 304 g/mol. The average molecular weight is 304 g/mol. The van der Waals surface area contributed by atoms with Gasteiger partial charge in [0, 0.05) is 12.1 Å². The van der Waals surface area contributed by atoms with Gasteiger partial charge in [0.25, 0.3) is 5.91 Å². The molecule has 1 aromatic carbocycles. The van der Waals surface area contributed by atoms with E-state index in [4.69, 9.17) is 0 Å². The third-order valence-electron chi connectivity index (χ3n) is 2.99. The maximum atomic E-state index is 12.0. The number of amides is 1. The zero-order chi connectivity index (χ0) is 15.2. The van der Waals surface area contributed by atoms with Crippen molar-refractivity contribution < 1.29 is 9.90 Å². The van der Waals surface area contributed by atoms with Crippen molar-refractivity contribution in [2.24, 2.45) is 5.92 Å². The summed E-state index contributed by atoms with van der Waals surface area (Å²) in [5, 5.41) is 13.3.